The van der Waals surface area contributed by atoms with E-state index in [0.717, 1.165) is 26.3 Å². The summed E-state index contributed by atoms with van der Waals surface area (Å²) in [6, 6.07) is 7.76. The standard InChI is InChI=1S/C13H13BrN2OS/c1-8-5-9(2)16-13(15-8)18-12-4-3-11(14)6-10(12)7-17/h3-6,17H,7H2,1-2H3. The first-order valence-electron chi connectivity index (χ1n) is 5.48. The predicted molar refractivity (Wildman–Crippen MR) is 75.7 cm³/mol. The van der Waals surface area contributed by atoms with Crippen LogP contribution in [-0.4, -0.2) is 15.1 Å². The van der Waals surface area contributed by atoms with Crippen LogP contribution in [0.2, 0.25) is 0 Å². The molecule has 94 valence electrons. The van der Waals surface area contributed by atoms with Crippen molar-refractivity contribution >= 4 is 27.7 Å². The molecule has 0 radical (unpaired) electrons. The number of aliphatic hydroxyl groups is 1. The maximum atomic E-state index is 9.36. The third-order valence-electron chi connectivity index (χ3n) is 2.36. The van der Waals surface area contributed by atoms with Gasteiger partial charge in [0.05, 0.1) is 6.61 Å². The zero-order chi connectivity index (χ0) is 13.1. The topological polar surface area (TPSA) is 46.0 Å². The van der Waals surface area contributed by atoms with Gasteiger partial charge in [-0.05, 0) is 55.4 Å². The number of hydrogen-bond donors (Lipinski definition) is 1. The number of aromatic nitrogens is 2. The van der Waals surface area contributed by atoms with Gasteiger partial charge in [0, 0.05) is 20.8 Å². The van der Waals surface area contributed by atoms with Crippen LogP contribution in [0, 0.1) is 13.8 Å². The Hall–Kier alpha value is -0.910. The van der Waals surface area contributed by atoms with Crippen molar-refractivity contribution in [3.63, 3.8) is 0 Å². The molecule has 0 spiro atoms. The van der Waals surface area contributed by atoms with Gasteiger partial charge in [-0.25, -0.2) is 9.97 Å². The van der Waals surface area contributed by atoms with E-state index in [2.05, 4.69) is 25.9 Å². The number of hydrogen-bond acceptors (Lipinski definition) is 4. The van der Waals surface area contributed by atoms with Crippen LogP contribution in [0.4, 0.5) is 0 Å². The van der Waals surface area contributed by atoms with Gasteiger partial charge in [-0.2, -0.15) is 0 Å². The van der Waals surface area contributed by atoms with Crippen molar-refractivity contribution in [1.82, 2.24) is 9.97 Å². The SMILES string of the molecule is Cc1cc(C)nc(Sc2ccc(Br)cc2CO)n1. The van der Waals surface area contributed by atoms with Crippen LogP contribution < -0.4 is 0 Å². The number of aliphatic hydroxyl groups excluding tert-OH is 1. The molecule has 1 aromatic carbocycles. The van der Waals surface area contributed by atoms with E-state index >= 15 is 0 Å². The van der Waals surface area contributed by atoms with Gasteiger partial charge in [-0.3, -0.25) is 0 Å². The highest BCUT2D eigenvalue weighted by atomic mass is 79.9. The Morgan fingerprint density at radius 1 is 1.17 bits per heavy atom. The summed E-state index contributed by atoms with van der Waals surface area (Å²) in [5, 5.41) is 10.1. The van der Waals surface area contributed by atoms with Crippen LogP contribution >= 0.6 is 27.7 Å². The largest absolute Gasteiger partial charge is 0.392 e. The molecule has 5 heteroatoms. The van der Waals surface area contributed by atoms with Crippen molar-refractivity contribution in [2.45, 2.75) is 30.5 Å². The van der Waals surface area contributed by atoms with Crippen molar-refractivity contribution < 1.29 is 5.11 Å². The summed E-state index contributed by atoms with van der Waals surface area (Å²) in [6.45, 7) is 3.91. The molecule has 0 fully saturated rings. The molecule has 0 atom stereocenters. The molecule has 1 aromatic heterocycles. The lowest BCUT2D eigenvalue weighted by Gasteiger charge is -2.07. The fourth-order valence-electron chi connectivity index (χ4n) is 1.61. The van der Waals surface area contributed by atoms with Gasteiger partial charge in [0.15, 0.2) is 5.16 Å². The minimum absolute atomic E-state index is 0.00652. The van der Waals surface area contributed by atoms with Crippen molar-refractivity contribution in [3.8, 4) is 0 Å². The van der Waals surface area contributed by atoms with E-state index in [9.17, 15) is 5.11 Å². The average Bonchev–Trinajstić information content (AvgIpc) is 2.30. The molecule has 18 heavy (non-hydrogen) atoms. The first-order chi connectivity index (χ1) is 8.58. The van der Waals surface area contributed by atoms with E-state index in [1.165, 1.54) is 11.8 Å². The summed E-state index contributed by atoms with van der Waals surface area (Å²) in [5.74, 6) is 0. The molecular weight excluding hydrogens is 312 g/mol. The molecule has 0 unspecified atom stereocenters. The van der Waals surface area contributed by atoms with E-state index in [0.29, 0.717) is 5.16 Å². The molecule has 2 aromatic rings. The highest BCUT2D eigenvalue weighted by molar-refractivity contribution is 9.10. The highest BCUT2D eigenvalue weighted by Crippen LogP contribution is 2.30. The van der Waals surface area contributed by atoms with Crippen LogP contribution in [0.15, 0.2) is 38.8 Å². The van der Waals surface area contributed by atoms with Crippen molar-refractivity contribution in [2.75, 3.05) is 0 Å². The molecule has 0 aliphatic carbocycles. The summed E-state index contributed by atoms with van der Waals surface area (Å²) in [7, 11) is 0. The van der Waals surface area contributed by atoms with Gasteiger partial charge in [-0.1, -0.05) is 15.9 Å². The highest BCUT2D eigenvalue weighted by Gasteiger charge is 2.07. The Bertz CT molecular complexity index is 555. The smallest absolute Gasteiger partial charge is 0.192 e. The summed E-state index contributed by atoms with van der Waals surface area (Å²) in [4.78, 5) is 9.75. The zero-order valence-electron chi connectivity index (χ0n) is 10.1. The molecule has 2 rings (SSSR count). The second-order valence-corrected chi connectivity index (χ2v) is 5.87. The maximum Gasteiger partial charge on any atom is 0.192 e. The Balaban J connectivity index is 2.33. The zero-order valence-corrected chi connectivity index (χ0v) is 12.5. The van der Waals surface area contributed by atoms with Gasteiger partial charge in [0.1, 0.15) is 0 Å². The molecule has 0 amide bonds. The Morgan fingerprint density at radius 3 is 2.44 bits per heavy atom. The van der Waals surface area contributed by atoms with Crippen LogP contribution in [0.25, 0.3) is 0 Å². The summed E-state index contributed by atoms with van der Waals surface area (Å²) in [6.07, 6.45) is 0. The third-order valence-corrected chi connectivity index (χ3v) is 3.83. The number of aryl methyl sites for hydroxylation is 2. The van der Waals surface area contributed by atoms with E-state index in [-0.39, 0.29) is 6.61 Å². The Labute approximate surface area is 119 Å². The van der Waals surface area contributed by atoms with Crippen LogP contribution in [0.5, 0.6) is 0 Å². The van der Waals surface area contributed by atoms with Gasteiger partial charge in [0.25, 0.3) is 0 Å². The Morgan fingerprint density at radius 2 is 1.83 bits per heavy atom. The van der Waals surface area contributed by atoms with Crippen molar-refractivity contribution in [3.05, 3.63) is 45.7 Å². The monoisotopic (exact) mass is 324 g/mol. The van der Waals surface area contributed by atoms with Gasteiger partial charge >= 0.3 is 0 Å². The lowest BCUT2D eigenvalue weighted by atomic mass is 10.2. The molecule has 0 aliphatic rings. The molecule has 1 heterocycles. The predicted octanol–water partition coefficient (Wildman–Crippen LogP) is 3.50. The van der Waals surface area contributed by atoms with Gasteiger partial charge in [-0.15, -0.1) is 0 Å². The lowest BCUT2D eigenvalue weighted by molar-refractivity contribution is 0.279. The minimum Gasteiger partial charge on any atom is -0.392 e. The Kier molecular flexibility index (Phi) is 4.37. The van der Waals surface area contributed by atoms with Gasteiger partial charge in [0.2, 0.25) is 0 Å². The summed E-state index contributed by atoms with van der Waals surface area (Å²) in [5.41, 5.74) is 2.78. The molecule has 0 bridgehead atoms. The van der Waals surface area contributed by atoms with Crippen LogP contribution in [-0.2, 0) is 6.61 Å². The summed E-state index contributed by atoms with van der Waals surface area (Å²) < 4.78 is 0.956. The fourth-order valence-corrected chi connectivity index (χ4v) is 2.98. The fraction of sp³-hybridized carbons (Fsp3) is 0.231. The van der Waals surface area contributed by atoms with Crippen LogP contribution in [0.1, 0.15) is 17.0 Å². The average molecular weight is 325 g/mol. The lowest BCUT2D eigenvalue weighted by Crippen LogP contribution is -1.94. The van der Waals surface area contributed by atoms with Crippen molar-refractivity contribution in [1.29, 1.82) is 0 Å². The summed E-state index contributed by atoms with van der Waals surface area (Å²) >= 11 is 4.87. The van der Waals surface area contributed by atoms with Crippen LogP contribution in [0.3, 0.4) is 0 Å². The third kappa shape index (κ3) is 3.31. The second kappa shape index (κ2) is 5.82. The molecule has 3 nitrogen and oxygen atoms in total. The maximum absolute atomic E-state index is 9.36. The minimum atomic E-state index is 0.00652. The van der Waals surface area contributed by atoms with Crippen molar-refractivity contribution in [2.24, 2.45) is 0 Å². The number of nitrogens with zero attached hydrogens (tertiary/aromatic N) is 2. The number of benzene rings is 1. The van der Waals surface area contributed by atoms with E-state index in [1.54, 1.807) is 0 Å². The normalized spacial score (nSPS) is 10.7. The molecule has 0 saturated carbocycles. The van der Waals surface area contributed by atoms with E-state index in [4.69, 9.17) is 0 Å². The quantitative estimate of drug-likeness (QED) is 0.878. The molecule has 1 N–H and O–H groups in total. The second-order valence-electron chi connectivity index (χ2n) is 3.95. The molecular formula is C13H13BrN2OS. The molecule has 0 saturated heterocycles. The first-order valence-corrected chi connectivity index (χ1v) is 7.09. The van der Waals surface area contributed by atoms with E-state index in [1.807, 2.05) is 38.1 Å². The van der Waals surface area contributed by atoms with Gasteiger partial charge < -0.3 is 5.11 Å². The number of halogens is 1. The van der Waals surface area contributed by atoms with E-state index < -0.39 is 0 Å². The number of rotatable bonds is 3. The molecule has 0 aliphatic heterocycles. The first kappa shape index (κ1) is 13.5.